The molecule has 8 nitrogen and oxygen atoms in total. The van der Waals surface area contributed by atoms with Gasteiger partial charge in [-0.1, -0.05) is 58.9 Å². The van der Waals surface area contributed by atoms with Crippen molar-refractivity contribution in [1.82, 2.24) is 15.1 Å². The number of amides is 2. The zero-order chi connectivity index (χ0) is 33.4. The molecule has 244 valence electrons. The molecule has 0 radical (unpaired) electrons. The first kappa shape index (κ1) is 35.8. The summed E-state index contributed by atoms with van der Waals surface area (Å²) in [6.07, 6.45) is 8.80. The third kappa shape index (κ3) is 8.55. The Labute approximate surface area is 270 Å². The highest BCUT2D eigenvalue weighted by atomic mass is 35.5. The Morgan fingerprint density at radius 1 is 1.16 bits per heavy atom. The fraction of sp³-hybridized carbons (Fsp3) is 0.471. The summed E-state index contributed by atoms with van der Waals surface area (Å²) in [7, 11) is 0. The van der Waals surface area contributed by atoms with Crippen LogP contribution in [-0.4, -0.2) is 57.5 Å². The predicted octanol–water partition coefficient (Wildman–Crippen LogP) is 7.76. The van der Waals surface area contributed by atoms with Crippen LogP contribution in [0.5, 0.6) is 0 Å². The molecule has 3 atom stereocenters. The molecule has 45 heavy (non-hydrogen) atoms. The quantitative estimate of drug-likeness (QED) is 0.151. The largest absolute Gasteiger partial charge is 0.396 e. The van der Waals surface area contributed by atoms with Gasteiger partial charge in [0.05, 0.1) is 29.9 Å². The summed E-state index contributed by atoms with van der Waals surface area (Å²) < 4.78 is 29.0. The van der Waals surface area contributed by atoms with Crippen molar-refractivity contribution in [2.24, 2.45) is 21.8 Å². The Morgan fingerprint density at radius 2 is 1.87 bits per heavy atom. The number of rotatable bonds is 13. The van der Waals surface area contributed by atoms with E-state index in [0.717, 1.165) is 42.2 Å². The van der Waals surface area contributed by atoms with Crippen molar-refractivity contribution in [2.75, 3.05) is 13.2 Å². The van der Waals surface area contributed by atoms with Gasteiger partial charge in [0.2, 0.25) is 5.96 Å². The summed E-state index contributed by atoms with van der Waals surface area (Å²) in [6, 6.07) is 1.29. The molecular formula is C34H45ClF2N6O2. The van der Waals surface area contributed by atoms with Gasteiger partial charge in [0.15, 0.2) is 0 Å². The van der Waals surface area contributed by atoms with Crippen molar-refractivity contribution in [1.29, 1.82) is 5.41 Å². The van der Waals surface area contributed by atoms with Crippen molar-refractivity contribution < 1.29 is 18.7 Å². The standard InChI is InChI=1S/C34H45ClF2N6O2/c1-8-20(5)26-16-31(39-25(11-4)12-13-44)23(10-3)15-32(26)40-33-41-34(45)43(19-30(38)21(6)9-2)22(7)42(33)18-24-14-27(35)29(37)17-28(24)36/h10,14-17,20-21,25,38,44H,7-9,11-13,18-19H2,1-6H3,(H,40,41,45)/b23-10-,38-30?,39-31-. The Morgan fingerprint density at radius 3 is 2.47 bits per heavy atom. The van der Waals surface area contributed by atoms with Crippen molar-refractivity contribution in [3.8, 4) is 0 Å². The summed E-state index contributed by atoms with van der Waals surface area (Å²) in [5, 5.41) is 21.1. The van der Waals surface area contributed by atoms with Gasteiger partial charge in [-0.15, -0.1) is 0 Å². The van der Waals surface area contributed by atoms with Crippen LogP contribution in [0.3, 0.4) is 0 Å². The van der Waals surface area contributed by atoms with Crippen LogP contribution in [0, 0.1) is 28.9 Å². The molecule has 0 aromatic heterocycles. The smallest absolute Gasteiger partial charge is 0.352 e. The minimum Gasteiger partial charge on any atom is -0.396 e. The van der Waals surface area contributed by atoms with E-state index >= 15 is 0 Å². The summed E-state index contributed by atoms with van der Waals surface area (Å²) >= 11 is 6.02. The van der Waals surface area contributed by atoms with Crippen LogP contribution < -0.4 is 5.32 Å². The number of aliphatic imine (C=N–C) groups is 2. The van der Waals surface area contributed by atoms with Gasteiger partial charge in [0.1, 0.15) is 17.5 Å². The lowest BCUT2D eigenvalue weighted by Crippen LogP contribution is -2.52. The van der Waals surface area contributed by atoms with Gasteiger partial charge in [-0.3, -0.25) is 14.8 Å². The fourth-order valence-corrected chi connectivity index (χ4v) is 5.15. The molecule has 1 heterocycles. The number of benzene rings is 1. The highest BCUT2D eigenvalue weighted by Crippen LogP contribution is 2.30. The highest BCUT2D eigenvalue weighted by Gasteiger charge is 2.34. The molecule has 0 saturated carbocycles. The lowest BCUT2D eigenvalue weighted by molar-refractivity contribution is 0.206. The first-order chi connectivity index (χ1) is 21.4. The third-order valence-corrected chi connectivity index (χ3v) is 8.71. The predicted molar refractivity (Wildman–Crippen MR) is 179 cm³/mol. The Bertz CT molecular complexity index is 1460. The van der Waals surface area contributed by atoms with E-state index in [1.807, 2.05) is 45.9 Å². The first-order valence-corrected chi connectivity index (χ1v) is 15.9. The second-order valence-corrected chi connectivity index (χ2v) is 11.8. The van der Waals surface area contributed by atoms with Crippen LogP contribution in [0.15, 0.2) is 69.6 Å². The number of guanidine groups is 1. The van der Waals surface area contributed by atoms with E-state index in [1.54, 1.807) is 4.90 Å². The maximum atomic E-state index is 15.0. The van der Waals surface area contributed by atoms with Crippen molar-refractivity contribution in [3.63, 3.8) is 0 Å². The normalized spacial score (nSPS) is 19.4. The van der Waals surface area contributed by atoms with E-state index in [2.05, 4.69) is 30.7 Å². The molecule has 0 spiro atoms. The van der Waals surface area contributed by atoms with Gasteiger partial charge in [0.25, 0.3) is 0 Å². The maximum Gasteiger partial charge on any atom is 0.352 e. The number of carbonyl (C=O) groups excluding carboxylic acids is 1. The summed E-state index contributed by atoms with van der Waals surface area (Å²) in [4.78, 5) is 25.5. The lowest BCUT2D eigenvalue weighted by atomic mass is 9.87. The van der Waals surface area contributed by atoms with Gasteiger partial charge in [-0.2, -0.15) is 4.99 Å². The van der Waals surface area contributed by atoms with E-state index in [1.165, 1.54) is 11.0 Å². The molecule has 3 unspecified atom stereocenters. The van der Waals surface area contributed by atoms with E-state index in [4.69, 9.17) is 22.0 Å². The summed E-state index contributed by atoms with van der Waals surface area (Å²) in [5.74, 6) is -1.34. The SMILES string of the molecule is C=C1N(CC(=N)C(C)CC)C(=O)N=C(NC2=CC(=C/C)/C(=N\C(CC)CCO)C=C2C(C)CC)N1Cc1cc(Cl)c(F)cc1F. The molecule has 0 fully saturated rings. The molecule has 0 saturated heterocycles. The number of carbonyl (C=O) groups is 1. The topological polar surface area (TPSA) is 104 Å². The average Bonchev–Trinajstić information content (AvgIpc) is 3.02. The number of hydrogen-bond donors (Lipinski definition) is 3. The monoisotopic (exact) mass is 642 g/mol. The molecule has 2 amide bonds. The number of aliphatic hydroxyl groups is 1. The summed E-state index contributed by atoms with van der Waals surface area (Å²) in [6.45, 7) is 16.0. The van der Waals surface area contributed by atoms with E-state index in [9.17, 15) is 18.7 Å². The molecule has 2 aliphatic rings. The van der Waals surface area contributed by atoms with E-state index in [0.29, 0.717) is 17.8 Å². The second-order valence-electron chi connectivity index (χ2n) is 11.4. The number of hydrogen-bond acceptors (Lipinski definition) is 6. The van der Waals surface area contributed by atoms with Gasteiger partial charge in [0, 0.05) is 29.6 Å². The molecule has 1 aromatic carbocycles. The van der Waals surface area contributed by atoms with Crippen LogP contribution in [0.4, 0.5) is 13.6 Å². The zero-order valence-electron chi connectivity index (χ0n) is 27.1. The third-order valence-electron chi connectivity index (χ3n) is 8.42. The second kappa shape index (κ2) is 16.1. The van der Waals surface area contributed by atoms with Gasteiger partial charge < -0.3 is 15.8 Å². The maximum absolute atomic E-state index is 15.0. The van der Waals surface area contributed by atoms with Gasteiger partial charge >= 0.3 is 6.03 Å². The Hall–Kier alpha value is -3.63. The number of nitrogens with zero attached hydrogens (tertiary/aromatic N) is 4. The highest BCUT2D eigenvalue weighted by molar-refractivity contribution is 6.30. The molecule has 0 bridgehead atoms. The van der Waals surface area contributed by atoms with Crippen LogP contribution in [0.2, 0.25) is 5.02 Å². The van der Waals surface area contributed by atoms with E-state index in [-0.39, 0.29) is 59.9 Å². The van der Waals surface area contributed by atoms with Gasteiger partial charge in [-0.25, -0.2) is 13.6 Å². The van der Waals surface area contributed by atoms with Crippen molar-refractivity contribution in [2.45, 2.75) is 79.8 Å². The zero-order valence-corrected chi connectivity index (χ0v) is 27.8. The average molecular weight is 643 g/mol. The molecule has 1 aliphatic carbocycles. The lowest BCUT2D eigenvalue weighted by Gasteiger charge is -2.39. The molecule has 3 N–H and O–H groups in total. The number of nitrogens with one attached hydrogen (secondary N) is 2. The van der Waals surface area contributed by atoms with E-state index < -0.39 is 17.7 Å². The number of aliphatic hydroxyl groups excluding tert-OH is 1. The summed E-state index contributed by atoms with van der Waals surface area (Å²) in [5.41, 5.74) is 3.71. The van der Waals surface area contributed by atoms with Gasteiger partial charge in [-0.05, 0) is 73.8 Å². The van der Waals surface area contributed by atoms with Crippen molar-refractivity contribution >= 4 is 35.0 Å². The molecule has 3 rings (SSSR count). The van der Waals surface area contributed by atoms with Crippen LogP contribution in [0.25, 0.3) is 0 Å². The minimum absolute atomic E-state index is 0.0255. The number of halogens is 3. The first-order valence-electron chi connectivity index (χ1n) is 15.5. The van der Waals surface area contributed by atoms with Crippen LogP contribution >= 0.6 is 11.6 Å². The Kier molecular flexibility index (Phi) is 12.8. The minimum atomic E-state index is -0.877. The number of allylic oxidation sites excluding steroid dienone is 5. The molecule has 1 aromatic rings. The molecule has 11 heteroatoms. The van der Waals surface area contributed by atoms with Crippen LogP contribution in [-0.2, 0) is 6.54 Å². The Balaban J connectivity index is 2.10. The fourth-order valence-electron chi connectivity index (χ4n) is 4.96. The molecular weight excluding hydrogens is 598 g/mol. The molecule has 1 aliphatic heterocycles. The van der Waals surface area contributed by atoms with Crippen LogP contribution in [0.1, 0.15) is 72.8 Å². The number of urea groups is 1. The van der Waals surface area contributed by atoms with Crippen molar-refractivity contribution in [3.05, 3.63) is 81.8 Å².